The Morgan fingerprint density at radius 2 is 1.95 bits per heavy atom. The van der Waals surface area contributed by atoms with Gasteiger partial charge in [0.15, 0.2) is 5.78 Å². The highest BCUT2D eigenvalue weighted by atomic mass is 35.5. The van der Waals surface area contributed by atoms with Crippen molar-refractivity contribution in [3.05, 3.63) is 34.9 Å². The third-order valence-electron chi connectivity index (χ3n) is 3.85. The van der Waals surface area contributed by atoms with Gasteiger partial charge in [0.05, 0.1) is 12.6 Å². The summed E-state index contributed by atoms with van der Waals surface area (Å²) in [7, 11) is 0. The number of nitrogens with zero attached hydrogens (tertiary/aromatic N) is 1. The maximum absolute atomic E-state index is 12.1. The molecular weight excluding hydrogens is 262 g/mol. The van der Waals surface area contributed by atoms with Gasteiger partial charge in [-0.15, -0.1) is 0 Å². The van der Waals surface area contributed by atoms with Crippen LogP contribution in [0.2, 0.25) is 5.02 Å². The summed E-state index contributed by atoms with van der Waals surface area (Å²) in [5, 5.41) is 10.2. The third kappa shape index (κ3) is 4.03. The Morgan fingerprint density at radius 3 is 2.47 bits per heavy atom. The molecular formula is C15H20ClNO2. The number of rotatable bonds is 4. The number of hydrogen-bond acceptors (Lipinski definition) is 3. The molecule has 1 fully saturated rings. The fourth-order valence-electron chi connectivity index (χ4n) is 2.52. The Hall–Kier alpha value is -0.900. The highest BCUT2D eigenvalue weighted by Crippen LogP contribution is 2.20. The number of benzene rings is 1. The molecule has 104 valence electrons. The van der Waals surface area contributed by atoms with Crippen LogP contribution in [0.1, 0.15) is 30.1 Å². The summed E-state index contributed by atoms with van der Waals surface area (Å²) in [5.41, 5.74) is 0.710. The molecule has 1 aromatic carbocycles. The zero-order valence-electron chi connectivity index (χ0n) is 11.2. The number of aliphatic hydroxyl groups is 1. The normalized spacial score (nSPS) is 19.3. The highest BCUT2D eigenvalue weighted by molar-refractivity contribution is 6.30. The fraction of sp³-hybridized carbons (Fsp3) is 0.533. The number of aliphatic hydroxyl groups excluding tert-OH is 1. The summed E-state index contributed by atoms with van der Waals surface area (Å²) in [6, 6.07) is 7.03. The van der Waals surface area contributed by atoms with Crippen molar-refractivity contribution in [3.63, 3.8) is 0 Å². The maximum atomic E-state index is 12.1. The van der Waals surface area contributed by atoms with Crippen molar-refractivity contribution in [3.8, 4) is 0 Å². The van der Waals surface area contributed by atoms with Gasteiger partial charge in [0.25, 0.3) is 0 Å². The van der Waals surface area contributed by atoms with Crippen molar-refractivity contribution in [2.24, 2.45) is 5.92 Å². The molecule has 0 spiro atoms. The van der Waals surface area contributed by atoms with Crippen LogP contribution in [0, 0.1) is 5.92 Å². The van der Waals surface area contributed by atoms with Gasteiger partial charge < -0.3 is 5.11 Å². The lowest BCUT2D eigenvalue weighted by molar-refractivity contribution is 0.0664. The third-order valence-corrected chi connectivity index (χ3v) is 4.10. The van der Waals surface area contributed by atoms with Gasteiger partial charge in [-0.25, -0.2) is 0 Å². The first-order valence-electron chi connectivity index (χ1n) is 6.75. The summed E-state index contributed by atoms with van der Waals surface area (Å²) in [5.74, 6) is 0.508. The number of halogens is 1. The molecule has 1 N–H and O–H groups in total. The van der Waals surface area contributed by atoms with Crippen LogP contribution in [0.15, 0.2) is 24.3 Å². The number of Topliss-reactive ketones (excluding diaryl/α,β-unsaturated/α-hetero) is 1. The average Bonchev–Trinajstić information content (AvgIpc) is 2.40. The number of carbonyl (C=O) groups excluding carboxylic acids is 1. The molecule has 1 aromatic rings. The first kappa shape index (κ1) is 14.5. The molecule has 19 heavy (non-hydrogen) atoms. The van der Waals surface area contributed by atoms with E-state index in [4.69, 9.17) is 11.6 Å². The van der Waals surface area contributed by atoms with Crippen LogP contribution >= 0.6 is 11.6 Å². The second kappa shape index (κ2) is 6.51. The molecule has 1 heterocycles. The SMILES string of the molecule is CC(O)C1CCN(CC(=O)c2ccc(Cl)cc2)CC1. The maximum Gasteiger partial charge on any atom is 0.176 e. The van der Waals surface area contributed by atoms with Crippen LogP contribution in [0.3, 0.4) is 0 Å². The Balaban J connectivity index is 1.85. The van der Waals surface area contributed by atoms with E-state index < -0.39 is 0 Å². The van der Waals surface area contributed by atoms with Crippen molar-refractivity contribution in [2.45, 2.75) is 25.9 Å². The van der Waals surface area contributed by atoms with E-state index in [0.29, 0.717) is 23.0 Å². The van der Waals surface area contributed by atoms with E-state index >= 15 is 0 Å². The average molecular weight is 282 g/mol. The molecule has 0 radical (unpaired) electrons. The molecule has 1 aliphatic rings. The van der Waals surface area contributed by atoms with Crippen LogP contribution in [0.5, 0.6) is 0 Å². The monoisotopic (exact) mass is 281 g/mol. The largest absolute Gasteiger partial charge is 0.393 e. The minimum absolute atomic E-state index is 0.132. The Kier molecular flexibility index (Phi) is 4.97. The fourth-order valence-corrected chi connectivity index (χ4v) is 2.65. The lowest BCUT2D eigenvalue weighted by Crippen LogP contribution is -2.39. The van der Waals surface area contributed by atoms with Crippen LogP contribution < -0.4 is 0 Å². The van der Waals surface area contributed by atoms with E-state index in [2.05, 4.69) is 4.90 Å². The molecule has 1 atom stereocenters. The van der Waals surface area contributed by atoms with Gasteiger partial charge in [0.1, 0.15) is 0 Å². The predicted octanol–water partition coefficient (Wildman–Crippen LogP) is 2.62. The van der Waals surface area contributed by atoms with Crippen molar-refractivity contribution in [1.29, 1.82) is 0 Å². The number of hydrogen-bond donors (Lipinski definition) is 1. The molecule has 0 aliphatic carbocycles. The molecule has 2 rings (SSSR count). The van der Waals surface area contributed by atoms with Crippen molar-refractivity contribution >= 4 is 17.4 Å². The minimum atomic E-state index is -0.242. The Bertz CT molecular complexity index is 422. The molecule has 0 saturated carbocycles. The molecule has 0 aromatic heterocycles. The van der Waals surface area contributed by atoms with E-state index in [1.165, 1.54) is 0 Å². The molecule has 1 unspecified atom stereocenters. The van der Waals surface area contributed by atoms with Gasteiger partial charge in [0.2, 0.25) is 0 Å². The van der Waals surface area contributed by atoms with Gasteiger partial charge in [-0.1, -0.05) is 11.6 Å². The zero-order valence-corrected chi connectivity index (χ0v) is 11.9. The molecule has 3 nitrogen and oxygen atoms in total. The predicted molar refractivity (Wildman–Crippen MR) is 76.6 cm³/mol. The first-order valence-corrected chi connectivity index (χ1v) is 7.13. The number of ketones is 1. The van der Waals surface area contributed by atoms with Crippen molar-refractivity contribution in [2.75, 3.05) is 19.6 Å². The summed E-state index contributed by atoms with van der Waals surface area (Å²) in [6.07, 6.45) is 1.69. The second-order valence-corrected chi connectivity index (χ2v) is 5.72. The first-order chi connectivity index (χ1) is 9.06. The van der Waals surface area contributed by atoms with Gasteiger partial charge in [-0.2, -0.15) is 0 Å². The number of likely N-dealkylation sites (tertiary alicyclic amines) is 1. The summed E-state index contributed by atoms with van der Waals surface area (Å²) in [6.45, 7) is 4.07. The molecule has 0 bridgehead atoms. The Morgan fingerprint density at radius 1 is 1.37 bits per heavy atom. The summed E-state index contributed by atoms with van der Waals surface area (Å²) in [4.78, 5) is 14.3. The second-order valence-electron chi connectivity index (χ2n) is 5.28. The minimum Gasteiger partial charge on any atom is -0.393 e. The van der Waals surface area contributed by atoms with Crippen molar-refractivity contribution < 1.29 is 9.90 Å². The van der Waals surface area contributed by atoms with Gasteiger partial charge in [-0.05, 0) is 63.0 Å². The lowest BCUT2D eigenvalue weighted by Gasteiger charge is -2.32. The van der Waals surface area contributed by atoms with E-state index in [-0.39, 0.29) is 11.9 Å². The van der Waals surface area contributed by atoms with E-state index in [9.17, 15) is 9.90 Å². The van der Waals surface area contributed by atoms with Crippen LogP contribution in [0.25, 0.3) is 0 Å². The molecule has 1 saturated heterocycles. The number of carbonyl (C=O) groups is 1. The lowest BCUT2D eigenvalue weighted by atomic mass is 9.92. The Labute approximate surface area is 119 Å². The summed E-state index contributed by atoms with van der Waals surface area (Å²) >= 11 is 5.81. The van der Waals surface area contributed by atoms with Crippen LogP contribution in [-0.4, -0.2) is 41.5 Å². The van der Waals surface area contributed by atoms with E-state index in [0.717, 1.165) is 25.9 Å². The highest BCUT2D eigenvalue weighted by Gasteiger charge is 2.23. The topological polar surface area (TPSA) is 40.5 Å². The molecule has 0 amide bonds. The van der Waals surface area contributed by atoms with E-state index in [1.54, 1.807) is 24.3 Å². The van der Waals surface area contributed by atoms with Crippen LogP contribution in [0.4, 0.5) is 0 Å². The quantitative estimate of drug-likeness (QED) is 0.863. The van der Waals surface area contributed by atoms with Gasteiger partial charge in [-0.3, -0.25) is 9.69 Å². The van der Waals surface area contributed by atoms with Crippen molar-refractivity contribution in [1.82, 2.24) is 4.90 Å². The van der Waals surface area contributed by atoms with E-state index in [1.807, 2.05) is 6.92 Å². The zero-order chi connectivity index (χ0) is 13.8. The van der Waals surface area contributed by atoms with Gasteiger partial charge >= 0.3 is 0 Å². The number of piperidine rings is 1. The summed E-state index contributed by atoms with van der Waals surface area (Å²) < 4.78 is 0. The van der Waals surface area contributed by atoms with Crippen LogP contribution in [-0.2, 0) is 0 Å². The molecule has 4 heteroatoms. The smallest absolute Gasteiger partial charge is 0.176 e. The standard InChI is InChI=1S/C15H20ClNO2/c1-11(18)12-6-8-17(9-7-12)10-15(19)13-2-4-14(16)5-3-13/h2-5,11-12,18H,6-10H2,1H3. The molecule has 1 aliphatic heterocycles. The van der Waals surface area contributed by atoms with Gasteiger partial charge in [0, 0.05) is 10.6 Å².